The van der Waals surface area contributed by atoms with E-state index in [-0.39, 0.29) is 0 Å². The summed E-state index contributed by atoms with van der Waals surface area (Å²) in [6.07, 6.45) is 3.89. The molecule has 0 spiro atoms. The van der Waals surface area contributed by atoms with E-state index in [0.29, 0.717) is 19.6 Å². The van der Waals surface area contributed by atoms with Crippen LogP contribution in [-0.2, 0) is 16.1 Å². The first-order valence-corrected chi connectivity index (χ1v) is 8.21. The van der Waals surface area contributed by atoms with E-state index in [4.69, 9.17) is 0 Å². The van der Waals surface area contributed by atoms with Crippen molar-refractivity contribution in [2.24, 2.45) is 0 Å². The van der Waals surface area contributed by atoms with Gasteiger partial charge >= 0.3 is 11.8 Å². The second-order valence-electron chi connectivity index (χ2n) is 5.67. The maximum absolute atomic E-state index is 12.2. The molecule has 0 saturated heterocycles. The van der Waals surface area contributed by atoms with Gasteiger partial charge in [-0.2, -0.15) is 0 Å². The second kappa shape index (κ2) is 9.98. The number of hydrogen-bond acceptors (Lipinski definition) is 2. The van der Waals surface area contributed by atoms with Crippen molar-refractivity contribution in [3.8, 4) is 0 Å². The fraction of sp³-hybridized carbons (Fsp3) is 0.556. The first-order chi connectivity index (χ1) is 10.6. The Bertz CT molecular complexity index is 460. The Balaban J connectivity index is 2.52. The minimum absolute atomic E-state index is 0.389. The van der Waals surface area contributed by atoms with Crippen molar-refractivity contribution in [1.29, 1.82) is 0 Å². The number of hydrogen-bond donors (Lipinski definition) is 1. The molecule has 1 aromatic carbocycles. The van der Waals surface area contributed by atoms with Gasteiger partial charge in [0.2, 0.25) is 0 Å². The van der Waals surface area contributed by atoms with E-state index in [9.17, 15) is 9.59 Å². The van der Waals surface area contributed by atoms with Crippen LogP contribution in [0, 0.1) is 6.92 Å². The van der Waals surface area contributed by atoms with Crippen LogP contribution >= 0.6 is 0 Å². The Hall–Kier alpha value is -1.84. The molecular formula is C18H28N2O2. The van der Waals surface area contributed by atoms with Gasteiger partial charge in [-0.3, -0.25) is 9.59 Å². The van der Waals surface area contributed by atoms with Crippen molar-refractivity contribution in [1.82, 2.24) is 10.2 Å². The average molecular weight is 304 g/mol. The average Bonchev–Trinajstić information content (AvgIpc) is 2.53. The largest absolute Gasteiger partial charge is 0.344 e. The van der Waals surface area contributed by atoms with Crippen LogP contribution in [0.15, 0.2) is 24.3 Å². The summed E-state index contributed by atoms with van der Waals surface area (Å²) in [7, 11) is 0. The smallest absolute Gasteiger partial charge is 0.311 e. The molecular weight excluding hydrogens is 276 g/mol. The predicted molar refractivity (Wildman–Crippen MR) is 89.4 cm³/mol. The minimum Gasteiger partial charge on any atom is -0.344 e. The van der Waals surface area contributed by atoms with Gasteiger partial charge in [-0.1, -0.05) is 56.5 Å². The normalized spacial score (nSPS) is 10.3. The first-order valence-electron chi connectivity index (χ1n) is 8.21. The summed E-state index contributed by atoms with van der Waals surface area (Å²) < 4.78 is 0. The molecule has 0 aliphatic carbocycles. The van der Waals surface area contributed by atoms with Crippen molar-refractivity contribution >= 4 is 11.8 Å². The maximum Gasteiger partial charge on any atom is 0.311 e. The van der Waals surface area contributed by atoms with E-state index in [1.807, 2.05) is 31.2 Å². The van der Waals surface area contributed by atoms with Crippen molar-refractivity contribution in [2.45, 2.75) is 53.0 Å². The van der Waals surface area contributed by atoms with Crippen LogP contribution in [0.2, 0.25) is 0 Å². The van der Waals surface area contributed by atoms with Crippen LogP contribution in [0.5, 0.6) is 0 Å². The molecule has 122 valence electrons. The highest BCUT2D eigenvalue weighted by molar-refractivity contribution is 6.34. The number of benzene rings is 1. The number of carbonyl (C=O) groups is 2. The summed E-state index contributed by atoms with van der Waals surface area (Å²) in [5.41, 5.74) is 2.18. The number of nitrogens with zero attached hydrogens (tertiary/aromatic N) is 1. The molecule has 0 unspecified atom stereocenters. The molecule has 0 atom stereocenters. The molecule has 0 fully saturated rings. The second-order valence-corrected chi connectivity index (χ2v) is 5.67. The molecule has 22 heavy (non-hydrogen) atoms. The topological polar surface area (TPSA) is 49.4 Å². The predicted octanol–water partition coefficient (Wildman–Crippen LogP) is 3.04. The van der Waals surface area contributed by atoms with Gasteiger partial charge in [0.05, 0.1) is 0 Å². The SMILES string of the molecule is CCCCN(CCCC)C(=O)C(=O)NCc1ccc(C)cc1. The summed E-state index contributed by atoms with van der Waals surface area (Å²) in [6.45, 7) is 7.89. The monoisotopic (exact) mass is 304 g/mol. The highest BCUT2D eigenvalue weighted by atomic mass is 16.2. The van der Waals surface area contributed by atoms with Gasteiger partial charge in [0.1, 0.15) is 0 Å². The Morgan fingerprint density at radius 1 is 1.00 bits per heavy atom. The third kappa shape index (κ3) is 6.29. The molecule has 0 aliphatic heterocycles. The van der Waals surface area contributed by atoms with Crippen molar-refractivity contribution in [3.63, 3.8) is 0 Å². The third-order valence-electron chi connectivity index (χ3n) is 3.62. The highest BCUT2D eigenvalue weighted by Crippen LogP contribution is 2.03. The number of rotatable bonds is 8. The molecule has 0 radical (unpaired) electrons. The van der Waals surface area contributed by atoms with Crippen LogP contribution in [0.3, 0.4) is 0 Å². The Morgan fingerprint density at radius 3 is 2.05 bits per heavy atom. The van der Waals surface area contributed by atoms with Crippen molar-refractivity contribution in [2.75, 3.05) is 13.1 Å². The molecule has 4 nitrogen and oxygen atoms in total. The summed E-state index contributed by atoms with van der Waals surface area (Å²) in [5, 5.41) is 2.72. The van der Waals surface area contributed by atoms with E-state index in [1.54, 1.807) is 4.90 Å². The zero-order valence-electron chi connectivity index (χ0n) is 14.0. The standard InChI is InChI=1S/C18H28N2O2/c1-4-6-12-20(13-7-5-2)18(22)17(21)19-14-16-10-8-15(3)9-11-16/h8-11H,4-7,12-14H2,1-3H3,(H,19,21). The summed E-state index contributed by atoms with van der Waals surface area (Å²) in [6, 6.07) is 7.92. The molecule has 0 aromatic heterocycles. The van der Waals surface area contributed by atoms with E-state index in [0.717, 1.165) is 31.2 Å². The summed E-state index contributed by atoms with van der Waals surface area (Å²) >= 11 is 0. The quantitative estimate of drug-likeness (QED) is 0.750. The van der Waals surface area contributed by atoms with Crippen molar-refractivity contribution < 1.29 is 9.59 Å². The highest BCUT2D eigenvalue weighted by Gasteiger charge is 2.20. The number of nitrogens with one attached hydrogen (secondary N) is 1. The molecule has 1 rings (SSSR count). The van der Waals surface area contributed by atoms with Gasteiger partial charge in [-0.15, -0.1) is 0 Å². The summed E-state index contributed by atoms with van der Waals surface area (Å²) in [5.74, 6) is -0.915. The number of carbonyl (C=O) groups excluding carboxylic acids is 2. The van der Waals surface area contributed by atoms with Gasteiger partial charge in [0.25, 0.3) is 0 Å². The van der Waals surface area contributed by atoms with Crippen LogP contribution in [-0.4, -0.2) is 29.8 Å². The lowest BCUT2D eigenvalue weighted by Crippen LogP contribution is -2.43. The molecule has 4 heteroatoms. The molecule has 0 aliphatic rings. The summed E-state index contributed by atoms with van der Waals surface area (Å²) in [4.78, 5) is 26.0. The molecule has 1 aromatic rings. The molecule has 1 N–H and O–H groups in total. The van der Waals surface area contributed by atoms with E-state index in [1.165, 1.54) is 5.56 Å². The lowest BCUT2D eigenvalue weighted by Gasteiger charge is -2.21. The van der Waals surface area contributed by atoms with Gasteiger partial charge in [-0.25, -0.2) is 0 Å². The third-order valence-corrected chi connectivity index (χ3v) is 3.62. The zero-order valence-corrected chi connectivity index (χ0v) is 14.0. The number of unbranched alkanes of at least 4 members (excludes halogenated alkanes) is 2. The van der Waals surface area contributed by atoms with E-state index in [2.05, 4.69) is 19.2 Å². The molecule has 2 amide bonds. The lowest BCUT2D eigenvalue weighted by atomic mass is 10.1. The van der Waals surface area contributed by atoms with E-state index < -0.39 is 11.8 Å². The van der Waals surface area contributed by atoms with E-state index >= 15 is 0 Å². The van der Waals surface area contributed by atoms with Crippen LogP contribution in [0.25, 0.3) is 0 Å². The molecule has 0 heterocycles. The minimum atomic E-state index is -0.507. The van der Waals surface area contributed by atoms with Gasteiger partial charge in [0.15, 0.2) is 0 Å². The molecule has 0 bridgehead atoms. The molecule has 0 saturated carbocycles. The lowest BCUT2D eigenvalue weighted by molar-refractivity contribution is -0.146. The van der Waals surface area contributed by atoms with Gasteiger partial charge < -0.3 is 10.2 Å². The Kier molecular flexibility index (Phi) is 8.26. The fourth-order valence-electron chi connectivity index (χ4n) is 2.12. The van der Waals surface area contributed by atoms with Crippen LogP contribution in [0.1, 0.15) is 50.7 Å². The van der Waals surface area contributed by atoms with Crippen LogP contribution in [0.4, 0.5) is 0 Å². The first kappa shape index (κ1) is 18.2. The fourth-order valence-corrected chi connectivity index (χ4v) is 2.12. The number of amides is 2. The number of aryl methyl sites for hydroxylation is 1. The van der Waals surface area contributed by atoms with Gasteiger partial charge in [0, 0.05) is 19.6 Å². The maximum atomic E-state index is 12.2. The van der Waals surface area contributed by atoms with Gasteiger partial charge in [-0.05, 0) is 25.3 Å². The Morgan fingerprint density at radius 2 is 1.55 bits per heavy atom. The Labute approximate surface area is 133 Å². The van der Waals surface area contributed by atoms with Crippen LogP contribution < -0.4 is 5.32 Å². The zero-order chi connectivity index (χ0) is 16.4. The van der Waals surface area contributed by atoms with Crippen molar-refractivity contribution in [3.05, 3.63) is 35.4 Å².